The standard InChI is InChI=1S/C14H20N2O4/c1-9(2)12-5-10(14(17)18)6-13(16-12)15-7-11-8-19-3-4-20-11/h5-6,9,11H,3-4,7-8H2,1-2H3,(H,15,16)(H,17,18). The van der Waals surface area contributed by atoms with E-state index in [1.165, 1.54) is 6.07 Å². The summed E-state index contributed by atoms with van der Waals surface area (Å²) in [4.78, 5) is 15.6. The summed E-state index contributed by atoms with van der Waals surface area (Å²) in [6, 6.07) is 3.15. The molecular weight excluding hydrogens is 260 g/mol. The van der Waals surface area contributed by atoms with E-state index in [2.05, 4.69) is 10.3 Å². The van der Waals surface area contributed by atoms with Crippen LogP contribution in [-0.4, -0.2) is 48.5 Å². The van der Waals surface area contributed by atoms with Gasteiger partial charge in [-0.2, -0.15) is 0 Å². The lowest BCUT2D eigenvalue weighted by molar-refractivity contribution is -0.0819. The zero-order valence-electron chi connectivity index (χ0n) is 11.8. The highest BCUT2D eigenvalue weighted by molar-refractivity contribution is 5.88. The number of aromatic nitrogens is 1. The van der Waals surface area contributed by atoms with E-state index >= 15 is 0 Å². The number of carbonyl (C=O) groups is 1. The molecule has 1 aliphatic rings. The molecule has 0 amide bonds. The minimum absolute atomic E-state index is 0.0264. The Morgan fingerprint density at radius 3 is 2.90 bits per heavy atom. The Labute approximate surface area is 118 Å². The van der Waals surface area contributed by atoms with Gasteiger partial charge in [0, 0.05) is 12.2 Å². The van der Waals surface area contributed by atoms with Crippen LogP contribution in [0.15, 0.2) is 12.1 Å². The molecule has 1 fully saturated rings. The second kappa shape index (κ2) is 6.67. The number of carboxylic acid groups (broad SMARTS) is 1. The van der Waals surface area contributed by atoms with Crippen molar-refractivity contribution < 1.29 is 19.4 Å². The van der Waals surface area contributed by atoms with Gasteiger partial charge in [0.2, 0.25) is 0 Å². The molecule has 6 heteroatoms. The van der Waals surface area contributed by atoms with Gasteiger partial charge in [0.15, 0.2) is 0 Å². The fourth-order valence-corrected chi connectivity index (χ4v) is 1.93. The molecular formula is C14H20N2O4. The molecule has 2 N–H and O–H groups in total. The van der Waals surface area contributed by atoms with Crippen LogP contribution in [0.2, 0.25) is 0 Å². The van der Waals surface area contributed by atoms with Gasteiger partial charge in [-0.3, -0.25) is 0 Å². The van der Waals surface area contributed by atoms with E-state index in [0.29, 0.717) is 32.2 Å². The fraction of sp³-hybridized carbons (Fsp3) is 0.571. The maximum Gasteiger partial charge on any atom is 0.335 e. The summed E-state index contributed by atoms with van der Waals surface area (Å²) in [5.41, 5.74) is 1.00. The zero-order valence-corrected chi connectivity index (χ0v) is 11.8. The average Bonchev–Trinajstić information content (AvgIpc) is 2.45. The summed E-state index contributed by atoms with van der Waals surface area (Å²) >= 11 is 0. The van der Waals surface area contributed by atoms with Gasteiger partial charge in [-0.15, -0.1) is 0 Å². The maximum atomic E-state index is 11.1. The molecule has 1 aromatic rings. The largest absolute Gasteiger partial charge is 0.478 e. The highest BCUT2D eigenvalue weighted by Gasteiger charge is 2.15. The number of aromatic carboxylic acids is 1. The molecule has 0 bridgehead atoms. The molecule has 2 rings (SSSR count). The van der Waals surface area contributed by atoms with E-state index in [1.807, 2.05) is 13.8 Å². The van der Waals surface area contributed by atoms with Gasteiger partial charge < -0.3 is 19.9 Å². The lowest BCUT2D eigenvalue weighted by Crippen LogP contribution is -2.34. The topological polar surface area (TPSA) is 80.7 Å². The predicted octanol–water partition coefficient (Wildman–Crippen LogP) is 1.73. The lowest BCUT2D eigenvalue weighted by atomic mass is 10.1. The van der Waals surface area contributed by atoms with Crippen LogP contribution in [0, 0.1) is 0 Å². The summed E-state index contributed by atoms with van der Waals surface area (Å²) in [5, 5.41) is 12.3. The smallest absolute Gasteiger partial charge is 0.335 e. The second-order valence-electron chi connectivity index (χ2n) is 5.07. The number of nitrogens with zero attached hydrogens (tertiary/aromatic N) is 1. The molecule has 2 heterocycles. The third kappa shape index (κ3) is 3.91. The molecule has 1 aliphatic heterocycles. The molecule has 0 radical (unpaired) electrons. The van der Waals surface area contributed by atoms with E-state index in [4.69, 9.17) is 14.6 Å². The van der Waals surface area contributed by atoms with Crippen LogP contribution in [-0.2, 0) is 9.47 Å². The number of pyridine rings is 1. The van der Waals surface area contributed by atoms with Crippen molar-refractivity contribution in [1.82, 2.24) is 4.98 Å². The van der Waals surface area contributed by atoms with Gasteiger partial charge in [-0.1, -0.05) is 13.8 Å². The van der Waals surface area contributed by atoms with E-state index in [0.717, 1.165) is 5.69 Å². The van der Waals surface area contributed by atoms with Crippen LogP contribution < -0.4 is 5.32 Å². The van der Waals surface area contributed by atoms with Crippen molar-refractivity contribution in [3.05, 3.63) is 23.4 Å². The maximum absolute atomic E-state index is 11.1. The molecule has 0 aliphatic carbocycles. The zero-order chi connectivity index (χ0) is 14.5. The van der Waals surface area contributed by atoms with Crippen molar-refractivity contribution in [1.29, 1.82) is 0 Å². The van der Waals surface area contributed by atoms with Gasteiger partial charge in [-0.05, 0) is 18.1 Å². The van der Waals surface area contributed by atoms with E-state index < -0.39 is 5.97 Å². The molecule has 0 aromatic carbocycles. The summed E-state index contributed by atoms with van der Waals surface area (Å²) in [6.07, 6.45) is -0.0264. The number of hydrogen-bond donors (Lipinski definition) is 2. The minimum Gasteiger partial charge on any atom is -0.478 e. The molecule has 0 spiro atoms. The number of ether oxygens (including phenoxy) is 2. The summed E-state index contributed by atoms with van der Waals surface area (Å²) in [6.45, 7) is 6.27. The van der Waals surface area contributed by atoms with Gasteiger partial charge in [0.25, 0.3) is 0 Å². The number of anilines is 1. The van der Waals surface area contributed by atoms with Crippen molar-refractivity contribution in [2.75, 3.05) is 31.7 Å². The molecule has 110 valence electrons. The number of carboxylic acids is 1. The van der Waals surface area contributed by atoms with Crippen molar-refractivity contribution in [3.8, 4) is 0 Å². The first kappa shape index (κ1) is 14.7. The van der Waals surface area contributed by atoms with Crippen LogP contribution in [0.1, 0.15) is 35.8 Å². The number of hydrogen-bond acceptors (Lipinski definition) is 5. The van der Waals surface area contributed by atoms with Gasteiger partial charge in [0.1, 0.15) is 5.82 Å². The molecule has 6 nitrogen and oxygen atoms in total. The van der Waals surface area contributed by atoms with Crippen molar-refractivity contribution in [2.24, 2.45) is 0 Å². The highest BCUT2D eigenvalue weighted by Crippen LogP contribution is 2.18. The Hall–Kier alpha value is -1.66. The normalized spacial score (nSPS) is 19.1. The monoisotopic (exact) mass is 280 g/mol. The summed E-state index contributed by atoms with van der Waals surface area (Å²) in [7, 11) is 0. The summed E-state index contributed by atoms with van der Waals surface area (Å²) in [5.74, 6) is -0.221. The first-order valence-electron chi connectivity index (χ1n) is 6.74. The van der Waals surface area contributed by atoms with Crippen molar-refractivity contribution in [2.45, 2.75) is 25.9 Å². The molecule has 1 unspecified atom stereocenters. The van der Waals surface area contributed by atoms with Gasteiger partial charge >= 0.3 is 5.97 Å². The second-order valence-corrected chi connectivity index (χ2v) is 5.07. The van der Waals surface area contributed by atoms with Gasteiger partial charge in [-0.25, -0.2) is 9.78 Å². The quantitative estimate of drug-likeness (QED) is 0.855. The Morgan fingerprint density at radius 2 is 2.30 bits per heavy atom. The van der Waals surface area contributed by atoms with E-state index in [9.17, 15) is 4.79 Å². The molecule has 1 saturated heterocycles. The van der Waals surface area contributed by atoms with Gasteiger partial charge in [0.05, 0.1) is 31.5 Å². The molecule has 1 atom stereocenters. The van der Waals surface area contributed by atoms with Crippen molar-refractivity contribution in [3.63, 3.8) is 0 Å². The summed E-state index contributed by atoms with van der Waals surface area (Å²) < 4.78 is 10.8. The number of rotatable bonds is 5. The first-order chi connectivity index (χ1) is 9.56. The lowest BCUT2D eigenvalue weighted by Gasteiger charge is -2.23. The third-order valence-corrected chi connectivity index (χ3v) is 3.08. The Bertz CT molecular complexity index is 470. The Morgan fingerprint density at radius 1 is 1.50 bits per heavy atom. The van der Waals surface area contributed by atoms with Crippen LogP contribution in [0.3, 0.4) is 0 Å². The van der Waals surface area contributed by atoms with E-state index in [-0.39, 0.29) is 17.6 Å². The first-order valence-corrected chi connectivity index (χ1v) is 6.74. The predicted molar refractivity (Wildman–Crippen MR) is 74.3 cm³/mol. The third-order valence-electron chi connectivity index (χ3n) is 3.08. The van der Waals surface area contributed by atoms with Crippen LogP contribution in [0.25, 0.3) is 0 Å². The van der Waals surface area contributed by atoms with Crippen LogP contribution in [0.5, 0.6) is 0 Å². The van der Waals surface area contributed by atoms with Crippen LogP contribution in [0.4, 0.5) is 5.82 Å². The number of nitrogens with one attached hydrogen (secondary N) is 1. The van der Waals surface area contributed by atoms with Crippen LogP contribution >= 0.6 is 0 Å². The van der Waals surface area contributed by atoms with E-state index in [1.54, 1.807) is 6.07 Å². The Kier molecular flexibility index (Phi) is 4.92. The Balaban J connectivity index is 2.07. The molecule has 1 aromatic heterocycles. The highest BCUT2D eigenvalue weighted by atomic mass is 16.6. The SMILES string of the molecule is CC(C)c1cc(C(=O)O)cc(NCC2COCCO2)n1. The van der Waals surface area contributed by atoms with Crippen molar-refractivity contribution >= 4 is 11.8 Å². The molecule has 20 heavy (non-hydrogen) atoms. The fourth-order valence-electron chi connectivity index (χ4n) is 1.93. The minimum atomic E-state index is -0.949. The average molecular weight is 280 g/mol. The molecule has 0 saturated carbocycles.